The lowest BCUT2D eigenvalue weighted by Crippen LogP contribution is -2.39. The van der Waals surface area contributed by atoms with Gasteiger partial charge in [-0.05, 0) is 43.0 Å². The SMILES string of the molecule is COCC1CCN(C(=O)c2ccc(NC(C)=O)cc2)CC1. The summed E-state index contributed by atoms with van der Waals surface area (Å²) in [6, 6.07) is 7.03. The molecule has 0 bridgehead atoms. The summed E-state index contributed by atoms with van der Waals surface area (Å²) < 4.78 is 5.17. The summed E-state index contributed by atoms with van der Waals surface area (Å²) in [5.74, 6) is 0.496. The Morgan fingerprint density at radius 2 is 1.86 bits per heavy atom. The van der Waals surface area contributed by atoms with E-state index in [2.05, 4.69) is 5.32 Å². The van der Waals surface area contributed by atoms with Gasteiger partial charge in [0.2, 0.25) is 5.91 Å². The zero-order chi connectivity index (χ0) is 15.2. The van der Waals surface area contributed by atoms with Crippen molar-refractivity contribution < 1.29 is 14.3 Å². The molecule has 0 atom stereocenters. The first-order valence-electron chi connectivity index (χ1n) is 7.26. The second-order valence-electron chi connectivity index (χ2n) is 5.45. The van der Waals surface area contributed by atoms with E-state index in [1.165, 1.54) is 6.92 Å². The van der Waals surface area contributed by atoms with Crippen LogP contribution in [0.5, 0.6) is 0 Å². The topological polar surface area (TPSA) is 58.6 Å². The molecule has 1 saturated heterocycles. The van der Waals surface area contributed by atoms with Crippen LogP contribution in [0.4, 0.5) is 5.69 Å². The fourth-order valence-corrected chi connectivity index (χ4v) is 2.62. The van der Waals surface area contributed by atoms with Crippen molar-refractivity contribution in [1.82, 2.24) is 4.90 Å². The van der Waals surface area contributed by atoms with Crippen LogP contribution >= 0.6 is 0 Å². The molecule has 1 fully saturated rings. The average Bonchev–Trinajstić information content (AvgIpc) is 2.48. The lowest BCUT2D eigenvalue weighted by atomic mass is 9.97. The van der Waals surface area contributed by atoms with Crippen molar-refractivity contribution in [2.75, 3.05) is 32.1 Å². The first-order chi connectivity index (χ1) is 10.1. The van der Waals surface area contributed by atoms with Gasteiger partial charge in [0.25, 0.3) is 5.91 Å². The molecule has 0 spiro atoms. The van der Waals surface area contributed by atoms with Crippen molar-refractivity contribution in [2.45, 2.75) is 19.8 Å². The summed E-state index contributed by atoms with van der Waals surface area (Å²) in [5, 5.41) is 2.69. The van der Waals surface area contributed by atoms with E-state index >= 15 is 0 Å². The number of amides is 2. The highest BCUT2D eigenvalue weighted by Crippen LogP contribution is 2.20. The van der Waals surface area contributed by atoms with Crippen molar-refractivity contribution >= 4 is 17.5 Å². The summed E-state index contributed by atoms with van der Waals surface area (Å²) in [5.41, 5.74) is 1.37. The van der Waals surface area contributed by atoms with Crippen LogP contribution in [0.2, 0.25) is 0 Å². The van der Waals surface area contributed by atoms with Crippen LogP contribution in [0, 0.1) is 5.92 Å². The number of carbonyl (C=O) groups is 2. The van der Waals surface area contributed by atoms with E-state index in [4.69, 9.17) is 4.74 Å². The molecule has 5 heteroatoms. The van der Waals surface area contributed by atoms with Gasteiger partial charge in [-0.25, -0.2) is 0 Å². The fraction of sp³-hybridized carbons (Fsp3) is 0.500. The molecule has 1 aliphatic heterocycles. The minimum Gasteiger partial charge on any atom is -0.384 e. The van der Waals surface area contributed by atoms with E-state index in [1.807, 2.05) is 4.90 Å². The minimum atomic E-state index is -0.116. The van der Waals surface area contributed by atoms with E-state index in [0.717, 1.165) is 32.5 Å². The Balaban J connectivity index is 1.93. The van der Waals surface area contributed by atoms with Crippen molar-refractivity contribution in [3.8, 4) is 0 Å². The molecular formula is C16H22N2O3. The third kappa shape index (κ3) is 4.29. The summed E-state index contributed by atoms with van der Waals surface area (Å²) in [7, 11) is 1.72. The molecule has 1 aliphatic rings. The molecule has 0 aliphatic carbocycles. The smallest absolute Gasteiger partial charge is 0.253 e. The Labute approximate surface area is 125 Å². The lowest BCUT2D eigenvalue weighted by molar-refractivity contribution is -0.114. The maximum absolute atomic E-state index is 12.4. The van der Waals surface area contributed by atoms with Crippen LogP contribution in [0.15, 0.2) is 24.3 Å². The summed E-state index contributed by atoms with van der Waals surface area (Å²) in [4.78, 5) is 25.3. The largest absolute Gasteiger partial charge is 0.384 e. The number of benzene rings is 1. The minimum absolute atomic E-state index is 0.0558. The monoisotopic (exact) mass is 290 g/mol. The Hall–Kier alpha value is -1.88. The molecule has 1 aromatic carbocycles. The van der Waals surface area contributed by atoms with Gasteiger partial charge in [-0.15, -0.1) is 0 Å². The number of nitrogens with zero attached hydrogens (tertiary/aromatic N) is 1. The van der Waals surface area contributed by atoms with Crippen molar-refractivity contribution in [2.24, 2.45) is 5.92 Å². The summed E-state index contributed by atoms with van der Waals surface area (Å²) >= 11 is 0. The van der Waals surface area contributed by atoms with Gasteiger partial charge >= 0.3 is 0 Å². The number of nitrogens with one attached hydrogen (secondary N) is 1. The van der Waals surface area contributed by atoms with E-state index in [0.29, 0.717) is 17.2 Å². The van der Waals surface area contributed by atoms with Gasteiger partial charge in [0.1, 0.15) is 0 Å². The molecule has 1 aromatic rings. The Kier molecular flexibility index (Phi) is 5.33. The normalized spacial score (nSPS) is 15.8. The molecule has 1 N–H and O–H groups in total. The van der Waals surface area contributed by atoms with Crippen LogP contribution in [0.3, 0.4) is 0 Å². The van der Waals surface area contributed by atoms with Gasteiger partial charge in [-0.2, -0.15) is 0 Å². The quantitative estimate of drug-likeness (QED) is 0.924. The maximum Gasteiger partial charge on any atom is 0.253 e. The molecule has 114 valence electrons. The molecule has 5 nitrogen and oxygen atoms in total. The molecule has 0 saturated carbocycles. The van der Waals surface area contributed by atoms with E-state index in [-0.39, 0.29) is 11.8 Å². The molecule has 2 rings (SSSR count). The van der Waals surface area contributed by atoms with Crippen LogP contribution in [0.25, 0.3) is 0 Å². The number of rotatable bonds is 4. The second kappa shape index (κ2) is 7.22. The predicted molar refractivity (Wildman–Crippen MR) is 81.2 cm³/mol. The predicted octanol–water partition coefficient (Wildman–Crippen LogP) is 2.14. The highest BCUT2D eigenvalue weighted by atomic mass is 16.5. The van der Waals surface area contributed by atoms with Crippen LogP contribution < -0.4 is 5.32 Å². The zero-order valence-corrected chi connectivity index (χ0v) is 12.6. The molecule has 0 unspecified atom stereocenters. The van der Waals surface area contributed by atoms with Crippen molar-refractivity contribution in [1.29, 1.82) is 0 Å². The van der Waals surface area contributed by atoms with E-state index in [9.17, 15) is 9.59 Å². The van der Waals surface area contributed by atoms with Gasteiger partial charge in [0, 0.05) is 45.0 Å². The number of ether oxygens (including phenoxy) is 1. The Bertz CT molecular complexity index is 491. The van der Waals surface area contributed by atoms with Crippen LogP contribution in [-0.4, -0.2) is 43.5 Å². The third-order valence-corrected chi connectivity index (χ3v) is 3.76. The Morgan fingerprint density at radius 3 is 2.38 bits per heavy atom. The number of methoxy groups -OCH3 is 1. The number of anilines is 1. The fourth-order valence-electron chi connectivity index (χ4n) is 2.62. The summed E-state index contributed by atoms with van der Waals surface area (Å²) in [6.45, 7) is 3.79. The van der Waals surface area contributed by atoms with E-state index in [1.54, 1.807) is 31.4 Å². The number of carbonyl (C=O) groups excluding carboxylic acids is 2. The molecule has 0 aromatic heterocycles. The van der Waals surface area contributed by atoms with Gasteiger partial charge in [-0.3, -0.25) is 9.59 Å². The highest BCUT2D eigenvalue weighted by molar-refractivity contribution is 5.95. The van der Waals surface area contributed by atoms with Crippen molar-refractivity contribution in [3.05, 3.63) is 29.8 Å². The number of hydrogen-bond donors (Lipinski definition) is 1. The molecular weight excluding hydrogens is 268 g/mol. The van der Waals surface area contributed by atoms with Crippen LogP contribution in [-0.2, 0) is 9.53 Å². The van der Waals surface area contributed by atoms with Crippen LogP contribution in [0.1, 0.15) is 30.1 Å². The zero-order valence-electron chi connectivity index (χ0n) is 12.6. The lowest BCUT2D eigenvalue weighted by Gasteiger charge is -2.31. The highest BCUT2D eigenvalue weighted by Gasteiger charge is 2.23. The number of likely N-dealkylation sites (tertiary alicyclic amines) is 1. The van der Waals surface area contributed by atoms with Gasteiger partial charge in [0.15, 0.2) is 0 Å². The molecule has 2 amide bonds. The van der Waals surface area contributed by atoms with Crippen molar-refractivity contribution in [3.63, 3.8) is 0 Å². The third-order valence-electron chi connectivity index (χ3n) is 3.76. The second-order valence-corrected chi connectivity index (χ2v) is 5.45. The van der Waals surface area contributed by atoms with Gasteiger partial charge in [-0.1, -0.05) is 0 Å². The average molecular weight is 290 g/mol. The number of piperidine rings is 1. The first kappa shape index (κ1) is 15.5. The Morgan fingerprint density at radius 1 is 1.24 bits per heavy atom. The molecule has 0 radical (unpaired) electrons. The molecule has 1 heterocycles. The standard InChI is InChI=1S/C16H22N2O3/c1-12(19)17-15-5-3-14(4-6-15)16(20)18-9-7-13(8-10-18)11-21-2/h3-6,13H,7-11H2,1-2H3,(H,17,19). The maximum atomic E-state index is 12.4. The number of hydrogen-bond acceptors (Lipinski definition) is 3. The van der Waals surface area contributed by atoms with Gasteiger partial charge < -0.3 is 15.0 Å². The van der Waals surface area contributed by atoms with Gasteiger partial charge in [0.05, 0.1) is 0 Å². The molecule has 21 heavy (non-hydrogen) atoms. The first-order valence-corrected chi connectivity index (χ1v) is 7.26. The van der Waals surface area contributed by atoms with E-state index < -0.39 is 0 Å². The summed E-state index contributed by atoms with van der Waals surface area (Å²) in [6.07, 6.45) is 1.98.